The number of aliphatic hydroxyl groups excluding tert-OH is 5. The zero-order valence-corrected chi connectivity index (χ0v) is 12.4. The van der Waals surface area contributed by atoms with Crippen LogP contribution in [0.1, 0.15) is 26.7 Å². The van der Waals surface area contributed by atoms with E-state index in [-0.39, 0.29) is 38.4 Å². The summed E-state index contributed by atoms with van der Waals surface area (Å²) in [5.41, 5.74) is -0.991. The van der Waals surface area contributed by atoms with Crippen molar-refractivity contribution >= 4 is 0 Å². The third-order valence-electron chi connectivity index (χ3n) is 3.73. The molecule has 0 aliphatic heterocycles. The van der Waals surface area contributed by atoms with Gasteiger partial charge in [-0.3, -0.25) is 0 Å². The Labute approximate surface area is 116 Å². The molecule has 0 aromatic carbocycles. The Morgan fingerprint density at radius 3 is 1.05 bits per heavy atom. The normalized spacial score (nSPS) is 12.0. The highest BCUT2D eigenvalue weighted by Crippen LogP contribution is 2.23. The van der Waals surface area contributed by atoms with Crippen LogP contribution in [-0.4, -0.2) is 72.2 Å². The van der Waals surface area contributed by atoms with E-state index >= 15 is 0 Å². The number of hydrogen-bond donors (Lipinski definition) is 6. The summed E-state index contributed by atoms with van der Waals surface area (Å²) in [6.07, 6.45) is 1.69. The minimum atomic E-state index is -0.769. The third-order valence-corrected chi connectivity index (χ3v) is 3.73. The molecule has 118 valence electrons. The first-order valence-corrected chi connectivity index (χ1v) is 6.68. The van der Waals surface area contributed by atoms with Crippen LogP contribution in [0.15, 0.2) is 0 Å². The molecule has 0 fully saturated rings. The van der Waals surface area contributed by atoms with Crippen molar-refractivity contribution in [3.63, 3.8) is 0 Å². The van der Waals surface area contributed by atoms with E-state index in [1.807, 2.05) is 13.8 Å². The van der Waals surface area contributed by atoms with Gasteiger partial charge in [0.15, 0.2) is 0 Å². The van der Waals surface area contributed by atoms with Crippen molar-refractivity contribution in [2.45, 2.75) is 26.7 Å². The zero-order chi connectivity index (χ0) is 15.4. The van der Waals surface area contributed by atoms with E-state index in [4.69, 9.17) is 25.5 Å². The average Bonchev–Trinajstić information content (AvgIpc) is 2.49. The Morgan fingerprint density at radius 2 is 1.00 bits per heavy atom. The minimum absolute atomic E-state index is 0.0938. The molecule has 6 N–H and O–H groups in total. The summed E-state index contributed by atoms with van der Waals surface area (Å²) in [4.78, 5) is 0. The van der Waals surface area contributed by atoms with Crippen molar-refractivity contribution in [2.24, 2.45) is 10.8 Å². The number of aliphatic hydroxyl groups is 5. The second-order valence-electron chi connectivity index (χ2n) is 5.03. The standard InChI is InChI=1S/C7H16O2.C6H15NO3/c1-3-7(4-2,5-8)6-9;1-7-2-6(3-8,4-9)5-10/h8-9H,3-6H2,1-2H3;7-10H,2-5H2,1H3. The maximum atomic E-state index is 8.82. The maximum Gasteiger partial charge on any atom is 0.0543 e. The molecule has 6 nitrogen and oxygen atoms in total. The molecular weight excluding hydrogens is 250 g/mol. The van der Waals surface area contributed by atoms with Gasteiger partial charge in [0.05, 0.1) is 38.4 Å². The quantitative estimate of drug-likeness (QED) is 0.321. The van der Waals surface area contributed by atoms with Crippen LogP contribution >= 0.6 is 0 Å². The van der Waals surface area contributed by atoms with E-state index in [9.17, 15) is 0 Å². The highest BCUT2D eigenvalue weighted by atomic mass is 16.3. The number of hydrogen-bond acceptors (Lipinski definition) is 6. The third kappa shape index (κ3) is 7.20. The van der Waals surface area contributed by atoms with Crippen LogP contribution in [0.25, 0.3) is 0 Å². The summed E-state index contributed by atoms with van der Waals surface area (Å²) in [5, 5.41) is 46.7. The molecule has 0 rings (SSSR count). The molecule has 0 aliphatic rings. The Hall–Kier alpha value is -0.240. The first-order valence-electron chi connectivity index (χ1n) is 6.68. The second-order valence-corrected chi connectivity index (χ2v) is 5.03. The zero-order valence-electron chi connectivity index (χ0n) is 12.4. The molecule has 0 saturated heterocycles. The molecule has 0 aromatic rings. The van der Waals surface area contributed by atoms with Gasteiger partial charge in [0.1, 0.15) is 0 Å². The van der Waals surface area contributed by atoms with Crippen LogP contribution in [0, 0.1) is 10.8 Å². The van der Waals surface area contributed by atoms with Crippen molar-refractivity contribution in [1.82, 2.24) is 5.32 Å². The molecule has 0 aliphatic carbocycles. The highest BCUT2D eigenvalue weighted by molar-refractivity contribution is 4.78. The second kappa shape index (κ2) is 11.6. The first-order chi connectivity index (χ1) is 8.99. The fourth-order valence-electron chi connectivity index (χ4n) is 1.44. The summed E-state index contributed by atoms with van der Waals surface area (Å²) in [6.45, 7) is 3.94. The van der Waals surface area contributed by atoms with Crippen molar-refractivity contribution in [3.8, 4) is 0 Å². The largest absolute Gasteiger partial charge is 0.396 e. The molecule has 0 spiro atoms. The monoisotopic (exact) mass is 281 g/mol. The summed E-state index contributed by atoms with van der Waals surface area (Å²) >= 11 is 0. The first kappa shape index (κ1) is 21.1. The summed E-state index contributed by atoms with van der Waals surface area (Å²) in [6, 6.07) is 0. The molecule has 6 heteroatoms. The van der Waals surface area contributed by atoms with E-state index < -0.39 is 5.41 Å². The van der Waals surface area contributed by atoms with Crippen LogP contribution in [0.5, 0.6) is 0 Å². The van der Waals surface area contributed by atoms with E-state index in [0.717, 1.165) is 12.8 Å². The lowest BCUT2D eigenvalue weighted by Gasteiger charge is -2.26. The van der Waals surface area contributed by atoms with E-state index in [0.29, 0.717) is 6.54 Å². The molecule has 0 bridgehead atoms. The van der Waals surface area contributed by atoms with Gasteiger partial charge < -0.3 is 30.8 Å². The van der Waals surface area contributed by atoms with E-state index in [1.165, 1.54) is 0 Å². The van der Waals surface area contributed by atoms with Crippen LogP contribution < -0.4 is 5.32 Å². The topological polar surface area (TPSA) is 113 Å². The maximum absolute atomic E-state index is 8.82. The minimum Gasteiger partial charge on any atom is -0.396 e. The predicted molar refractivity (Wildman–Crippen MR) is 74.8 cm³/mol. The predicted octanol–water partition coefficient (Wildman–Crippen LogP) is -1.05. The Kier molecular flexibility index (Phi) is 12.8. The lowest BCUT2D eigenvalue weighted by molar-refractivity contribution is 0.00771. The van der Waals surface area contributed by atoms with Gasteiger partial charge in [-0.2, -0.15) is 0 Å². The fraction of sp³-hybridized carbons (Fsp3) is 1.00. The summed E-state index contributed by atoms with van der Waals surface area (Å²) < 4.78 is 0. The molecule has 0 unspecified atom stereocenters. The number of rotatable bonds is 9. The van der Waals surface area contributed by atoms with Crippen molar-refractivity contribution in [1.29, 1.82) is 0 Å². The van der Waals surface area contributed by atoms with E-state index in [1.54, 1.807) is 7.05 Å². The molecule has 0 heterocycles. The molecule has 0 saturated carbocycles. The van der Waals surface area contributed by atoms with E-state index in [2.05, 4.69) is 5.32 Å². The smallest absolute Gasteiger partial charge is 0.0543 e. The summed E-state index contributed by atoms with van der Waals surface area (Å²) in [5.74, 6) is 0. The van der Waals surface area contributed by atoms with Gasteiger partial charge in [-0.25, -0.2) is 0 Å². The van der Waals surface area contributed by atoms with Gasteiger partial charge in [0, 0.05) is 12.0 Å². The molecule has 0 atom stereocenters. The number of nitrogens with one attached hydrogen (secondary N) is 1. The van der Waals surface area contributed by atoms with Crippen LogP contribution in [-0.2, 0) is 0 Å². The lowest BCUT2D eigenvalue weighted by atomic mass is 9.84. The van der Waals surface area contributed by atoms with Crippen molar-refractivity contribution < 1.29 is 25.5 Å². The highest BCUT2D eigenvalue weighted by Gasteiger charge is 2.26. The Morgan fingerprint density at radius 1 is 0.684 bits per heavy atom. The molecule has 0 aromatic heterocycles. The molecule has 0 amide bonds. The van der Waals surface area contributed by atoms with Crippen molar-refractivity contribution in [2.75, 3.05) is 46.6 Å². The lowest BCUT2D eigenvalue weighted by Crippen LogP contribution is -2.42. The Balaban J connectivity index is 0. The average molecular weight is 281 g/mol. The van der Waals surface area contributed by atoms with Gasteiger partial charge in [-0.1, -0.05) is 13.8 Å². The Bertz CT molecular complexity index is 168. The van der Waals surface area contributed by atoms with Crippen molar-refractivity contribution in [3.05, 3.63) is 0 Å². The SMILES string of the molecule is CCC(CC)(CO)CO.CNCC(CO)(CO)CO. The van der Waals surface area contributed by atoms with Crippen LogP contribution in [0.4, 0.5) is 0 Å². The molecule has 19 heavy (non-hydrogen) atoms. The fourth-order valence-corrected chi connectivity index (χ4v) is 1.44. The van der Waals surface area contributed by atoms with Gasteiger partial charge in [0.2, 0.25) is 0 Å². The van der Waals surface area contributed by atoms with Gasteiger partial charge in [-0.15, -0.1) is 0 Å². The van der Waals surface area contributed by atoms with Crippen LogP contribution in [0.2, 0.25) is 0 Å². The van der Waals surface area contributed by atoms with Gasteiger partial charge in [0.25, 0.3) is 0 Å². The van der Waals surface area contributed by atoms with Crippen LogP contribution in [0.3, 0.4) is 0 Å². The van der Waals surface area contributed by atoms with Gasteiger partial charge >= 0.3 is 0 Å². The van der Waals surface area contributed by atoms with Gasteiger partial charge in [-0.05, 0) is 19.9 Å². The molecule has 0 radical (unpaired) electrons. The molecular formula is C13H31NO5. The summed E-state index contributed by atoms with van der Waals surface area (Å²) in [7, 11) is 1.70.